The Kier molecular flexibility index (Phi) is 7.20. The van der Waals surface area contributed by atoms with E-state index in [4.69, 9.17) is 14.2 Å². The molecule has 1 heterocycles. The lowest BCUT2D eigenvalue weighted by molar-refractivity contribution is -0.315. The van der Waals surface area contributed by atoms with Crippen molar-refractivity contribution in [2.45, 2.75) is 109 Å². The van der Waals surface area contributed by atoms with Gasteiger partial charge in [0, 0.05) is 6.92 Å². The van der Waals surface area contributed by atoms with Crippen LogP contribution in [0.5, 0.6) is 0 Å². The standard InChI is InChI=1S/C29H42O8/c1-15(31)20-7-8-21-19-6-5-17-13-18(9-11-28(17,3)22(19)10-12-29(20,21)4)36-27-26(35-16(2)32)25(34)24(33)23(14-30)37-27/h5,7,18-19,21-27,30,33-34H,6,8-14H2,1-4H3/t18-,19-,21-,22-,23+,24+,25-,26+,27+,28-,29+/m0/s1. The maximum absolute atomic E-state index is 12.3. The third-order valence-corrected chi connectivity index (χ3v) is 10.5. The molecule has 8 heteroatoms. The first kappa shape index (κ1) is 27.0. The normalized spacial score (nSPS) is 47.2. The van der Waals surface area contributed by atoms with Crippen LogP contribution in [0.2, 0.25) is 0 Å². The summed E-state index contributed by atoms with van der Waals surface area (Å²) in [5, 5.41) is 30.4. The second-order valence-electron chi connectivity index (χ2n) is 12.4. The molecule has 1 aliphatic heterocycles. The van der Waals surface area contributed by atoms with Crippen LogP contribution < -0.4 is 0 Å². The molecule has 5 rings (SSSR count). The molecule has 8 nitrogen and oxygen atoms in total. The van der Waals surface area contributed by atoms with Gasteiger partial charge in [0.25, 0.3) is 0 Å². The molecule has 5 aliphatic rings. The molecule has 206 valence electrons. The van der Waals surface area contributed by atoms with Crippen molar-refractivity contribution in [1.82, 2.24) is 0 Å². The number of rotatable bonds is 5. The molecule has 0 aromatic heterocycles. The molecular weight excluding hydrogens is 476 g/mol. The lowest BCUT2D eigenvalue weighted by atomic mass is 9.47. The molecule has 0 radical (unpaired) electrons. The quantitative estimate of drug-likeness (QED) is 0.375. The second kappa shape index (κ2) is 9.87. The molecule has 0 aromatic carbocycles. The van der Waals surface area contributed by atoms with Gasteiger partial charge in [0.05, 0.1) is 12.7 Å². The van der Waals surface area contributed by atoms with E-state index in [-0.39, 0.29) is 22.7 Å². The lowest BCUT2D eigenvalue weighted by Gasteiger charge is -2.58. The van der Waals surface area contributed by atoms with Gasteiger partial charge in [0.1, 0.15) is 18.3 Å². The Bertz CT molecular complexity index is 988. The molecular formula is C29H42O8. The minimum atomic E-state index is -1.42. The van der Waals surface area contributed by atoms with Gasteiger partial charge < -0.3 is 29.5 Å². The lowest BCUT2D eigenvalue weighted by Crippen LogP contribution is -2.61. The third-order valence-electron chi connectivity index (χ3n) is 10.5. The van der Waals surface area contributed by atoms with Crippen LogP contribution in [0.3, 0.4) is 0 Å². The number of fused-ring (bicyclic) bond motifs is 5. The number of ether oxygens (including phenoxy) is 3. The highest BCUT2D eigenvalue weighted by atomic mass is 16.7. The van der Waals surface area contributed by atoms with E-state index >= 15 is 0 Å². The van der Waals surface area contributed by atoms with Crippen LogP contribution in [0.1, 0.15) is 72.6 Å². The smallest absolute Gasteiger partial charge is 0.303 e. The summed E-state index contributed by atoms with van der Waals surface area (Å²) >= 11 is 0. The molecule has 0 bridgehead atoms. The molecule has 0 amide bonds. The number of ketones is 1. The fraction of sp³-hybridized carbons (Fsp3) is 0.793. The zero-order valence-corrected chi connectivity index (χ0v) is 22.4. The minimum absolute atomic E-state index is 0.00624. The summed E-state index contributed by atoms with van der Waals surface area (Å²) in [5.41, 5.74) is 2.50. The van der Waals surface area contributed by atoms with Crippen LogP contribution in [0.25, 0.3) is 0 Å². The molecule has 2 saturated carbocycles. The van der Waals surface area contributed by atoms with Crippen molar-refractivity contribution in [3.8, 4) is 0 Å². The highest BCUT2D eigenvalue weighted by Gasteiger charge is 2.57. The minimum Gasteiger partial charge on any atom is -0.454 e. The molecule has 11 atom stereocenters. The Balaban J connectivity index is 1.31. The van der Waals surface area contributed by atoms with Crippen LogP contribution in [0.15, 0.2) is 23.3 Å². The zero-order valence-electron chi connectivity index (χ0n) is 22.4. The highest BCUT2D eigenvalue weighted by molar-refractivity contribution is 5.95. The Hall–Kier alpha value is -1.58. The van der Waals surface area contributed by atoms with E-state index in [0.29, 0.717) is 17.8 Å². The molecule has 3 N–H and O–H groups in total. The Morgan fingerprint density at radius 3 is 2.43 bits per heavy atom. The van der Waals surface area contributed by atoms with Crippen molar-refractivity contribution in [3.05, 3.63) is 23.3 Å². The zero-order chi connectivity index (χ0) is 26.7. The van der Waals surface area contributed by atoms with Gasteiger partial charge >= 0.3 is 5.97 Å². The van der Waals surface area contributed by atoms with Gasteiger partial charge in [-0.05, 0) is 86.0 Å². The van der Waals surface area contributed by atoms with Gasteiger partial charge in [-0.25, -0.2) is 0 Å². The van der Waals surface area contributed by atoms with E-state index < -0.39 is 43.3 Å². The number of esters is 1. The molecule has 3 fully saturated rings. The average molecular weight is 519 g/mol. The molecule has 0 unspecified atom stereocenters. The van der Waals surface area contributed by atoms with Crippen LogP contribution in [-0.2, 0) is 23.8 Å². The number of carbonyl (C=O) groups excluding carboxylic acids is 2. The predicted molar refractivity (Wildman–Crippen MR) is 134 cm³/mol. The fourth-order valence-electron chi connectivity index (χ4n) is 8.53. The Morgan fingerprint density at radius 1 is 1.03 bits per heavy atom. The van der Waals surface area contributed by atoms with Gasteiger partial charge in [0.2, 0.25) is 0 Å². The topological polar surface area (TPSA) is 123 Å². The van der Waals surface area contributed by atoms with Gasteiger partial charge in [-0.2, -0.15) is 0 Å². The van der Waals surface area contributed by atoms with E-state index in [1.807, 2.05) is 0 Å². The fourth-order valence-corrected chi connectivity index (χ4v) is 8.53. The van der Waals surface area contributed by atoms with Crippen LogP contribution in [0.4, 0.5) is 0 Å². The number of hydrogen-bond donors (Lipinski definition) is 3. The second-order valence-corrected chi connectivity index (χ2v) is 12.4. The van der Waals surface area contributed by atoms with Crippen molar-refractivity contribution >= 4 is 11.8 Å². The maximum atomic E-state index is 12.3. The number of carbonyl (C=O) groups is 2. The average Bonchev–Trinajstić information content (AvgIpc) is 3.21. The van der Waals surface area contributed by atoms with E-state index in [2.05, 4.69) is 26.0 Å². The summed E-state index contributed by atoms with van der Waals surface area (Å²) < 4.78 is 17.3. The predicted octanol–water partition coefficient (Wildman–Crippen LogP) is 2.83. The van der Waals surface area contributed by atoms with Gasteiger partial charge in [0.15, 0.2) is 18.2 Å². The van der Waals surface area contributed by atoms with Crippen molar-refractivity contribution in [3.63, 3.8) is 0 Å². The van der Waals surface area contributed by atoms with E-state index in [0.717, 1.165) is 50.5 Å². The van der Waals surface area contributed by atoms with Gasteiger partial charge in [-0.15, -0.1) is 0 Å². The van der Waals surface area contributed by atoms with E-state index in [9.17, 15) is 24.9 Å². The number of Topliss-reactive ketones (excluding diaryl/α,β-unsaturated/α-hetero) is 1. The molecule has 4 aliphatic carbocycles. The molecule has 0 aromatic rings. The Morgan fingerprint density at radius 2 is 1.76 bits per heavy atom. The van der Waals surface area contributed by atoms with Crippen LogP contribution >= 0.6 is 0 Å². The summed E-state index contributed by atoms with van der Waals surface area (Å²) in [4.78, 5) is 24.0. The summed E-state index contributed by atoms with van der Waals surface area (Å²) in [6.07, 6.45) is 5.00. The first-order valence-electron chi connectivity index (χ1n) is 13.9. The monoisotopic (exact) mass is 518 g/mol. The summed E-state index contributed by atoms with van der Waals surface area (Å²) in [7, 11) is 0. The van der Waals surface area contributed by atoms with E-state index in [1.165, 1.54) is 12.5 Å². The van der Waals surface area contributed by atoms with Crippen LogP contribution in [-0.4, -0.2) is 70.5 Å². The SMILES string of the molecule is CC(=O)O[C@H]1[C@H](O[C@H]2CC[C@@]3(C)C(=CC[C@@H]4[C@@H]3CC[C@]3(C)C(C(C)=O)=CC[C@@H]43)C2)O[C@H](CO)[C@@H](O)[C@@H]1O. The molecule has 0 spiro atoms. The number of hydrogen-bond acceptors (Lipinski definition) is 8. The van der Waals surface area contributed by atoms with Crippen molar-refractivity contribution < 1.29 is 39.1 Å². The van der Waals surface area contributed by atoms with Gasteiger partial charge in [-0.1, -0.05) is 31.6 Å². The largest absolute Gasteiger partial charge is 0.454 e. The first-order chi connectivity index (χ1) is 17.5. The summed E-state index contributed by atoms with van der Waals surface area (Å²) in [6.45, 7) is 7.15. The van der Waals surface area contributed by atoms with Crippen molar-refractivity contribution in [2.75, 3.05) is 6.61 Å². The van der Waals surface area contributed by atoms with E-state index in [1.54, 1.807) is 6.92 Å². The number of allylic oxidation sites excluding steroid dienone is 3. The number of aliphatic hydroxyl groups is 3. The Labute approximate surface area is 219 Å². The molecule has 37 heavy (non-hydrogen) atoms. The molecule has 1 saturated heterocycles. The van der Waals surface area contributed by atoms with Crippen LogP contribution in [0, 0.1) is 28.6 Å². The first-order valence-corrected chi connectivity index (χ1v) is 13.9. The highest BCUT2D eigenvalue weighted by Crippen LogP contribution is 2.65. The summed E-state index contributed by atoms with van der Waals surface area (Å²) in [6, 6.07) is 0. The summed E-state index contributed by atoms with van der Waals surface area (Å²) in [5.74, 6) is 1.26. The van der Waals surface area contributed by atoms with Gasteiger partial charge in [-0.3, -0.25) is 9.59 Å². The number of aliphatic hydroxyl groups excluding tert-OH is 3. The third kappa shape index (κ3) is 4.42. The maximum Gasteiger partial charge on any atom is 0.303 e. The van der Waals surface area contributed by atoms with Crippen molar-refractivity contribution in [2.24, 2.45) is 28.6 Å². The van der Waals surface area contributed by atoms with Crippen molar-refractivity contribution in [1.29, 1.82) is 0 Å².